The molecule has 0 bridgehead atoms. The standard InChI is InChI=1S/C17H19ClN4O5/c1-26-17(6-8-27-9-7-17)11-19-14-10-20-21(16(23)15(14)18)12-2-4-13(5-3-12)22(24)25/h2-5,10,19H,6-9,11H2,1H3. The second-order valence-corrected chi connectivity index (χ2v) is 6.59. The first kappa shape index (κ1) is 19.3. The van der Waals surface area contributed by atoms with E-state index in [-0.39, 0.29) is 16.3 Å². The Labute approximate surface area is 160 Å². The molecule has 9 nitrogen and oxygen atoms in total. The summed E-state index contributed by atoms with van der Waals surface area (Å²) in [6.07, 6.45) is 2.93. The molecule has 27 heavy (non-hydrogen) atoms. The van der Waals surface area contributed by atoms with Gasteiger partial charge in [-0.2, -0.15) is 9.78 Å². The van der Waals surface area contributed by atoms with Crippen LogP contribution < -0.4 is 10.9 Å². The molecular weight excluding hydrogens is 376 g/mol. The molecule has 10 heteroatoms. The predicted molar refractivity (Wildman–Crippen MR) is 99.8 cm³/mol. The van der Waals surface area contributed by atoms with Crippen molar-refractivity contribution in [3.05, 3.63) is 56.0 Å². The number of anilines is 1. The van der Waals surface area contributed by atoms with Gasteiger partial charge < -0.3 is 14.8 Å². The lowest BCUT2D eigenvalue weighted by atomic mass is 9.94. The SMILES string of the molecule is COC1(CNc2cnn(-c3ccc([N+](=O)[O-])cc3)c(=O)c2Cl)CCOCC1. The van der Waals surface area contributed by atoms with Gasteiger partial charge in [0.05, 0.1) is 28.1 Å². The summed E-state index contributed by atoms with van der Waals surface area (Å²) in [6.45, 7) is 1.70. The van der Waals surface area contributed by atoms with Gasteiger partial charge in [-0.3, -0.25) is 14.9 Å². The van der Waals surface area contributed by atoms with E-state index >= 15 is 0 Å². The first-order valence-electron chi connectivity index (χ1n) is 8.35. The summed E-state index contributed by atoms with van der Waals surface area (Å²) in [5.74, 6) is 0. The molecule has 144 valence electrons. The smallest absolute Gasteiger partial charge is 0.292 e. The van der Waals surface area contributed by atoms with Crippen LogP contribution in [0.1, 0.15) is 12.8 Å². The topological polar surface area (TPSA) is 109 Å². The number of ether oxygens (including phenoxy) is 2. The van der Waals surface area contributed by atoms with E-state index in [0.29, 0.717) is 31.1 Å². The van der Waals surface area contributed by atoms with Crippen molar-refractivity contribution in [2.24, 2.45) is 0 Å². The van der Waals surface area contributed by atoms with E-state index in [2.05, 4.69) is 10.4 Å². The normalized spacial score (nSPS) is 16.1. The van der Waals surface area contributed by atoms with Gasteiger partial charge in [0.25, 0.3) is 11.2 Å². The summed E-state index contributed by atoms with van der Waals surface area (Å²) in [5.41, 5.74) is -0.180. The molecule has 1 saturated heterocycles. The van der Waals surface area contributed by atoms with Crippen LogP contribution in [0.3, 0.4) is 0 Å². The number of nitro groups is 1. The van der Waals surface area contributed by atoms with E-state index in [4.69, 9.17) is 21.1 Å². The summed E-state index contributed by atoms with van der Waals surface area (Å²) in [6, 6.07) is 5.49. The Morgan fingerprint density at radius 3 is 2.63 bits per heavy atom. The van der Waals surface area contributed by atoms with Gasteiger partial charge in [-0.1, -0.05) is 11.6 Å². The number of benzene rings is 1. The zero-order chi connectivity index (χ0) is 19.4. The van der Waals surface area contributed by atoms with Crippen molar-refractivity contribution in [3.8, 4) is 5.69 Å². The van der Waals surface area contributed by atoms with Crippen LogP contribution in [-0.2, 0) is 9.47 Å². The van der Waals surface area contributed by atoms with Crippen LogP contribution in [0, 0.1) is 10.1 Å². The molecule has 0 aliphatic carbocycles. The van der Waals surface area contributed by atoms with Gasteiger partial charge in [-0.05, 0) is 12.1 Å². The van der Waals surface area contributed by atoms with Crippen LogP contribution >= 0.6 is 11.6 Å². The molecule has 3 rings (SSSR count). The highest BCUT2D eigenvalue weighted by Crippen LogP contribution is 2.26. The lowest BCUT2D eigenvalue weighted by Gasteiger charge is -2.36. The minimum atomic E-state index is -0.519. The minimum absolute atomic E-state index is 0.0123. The maximum absolute atomic E-state index is 12.6. The molecule has 2 aromatic rings. The van der Waals surface area contributed by atoms with E-state index in [1.807, 2.05) is 0 Å². The van der Waals surface area contributed by atoms with Gasteiger partial charge in [-0.25, -0.2) is 0 Å². The highest BCUT2D eigenvalue weighted by molar-refractivity contribution is 6.32. The highest BCUT2D eigenvalue weighted by atomic mass is 35.5. The third-order valence-electron chi connectivity index (χ3n) is 4.66. The van der Waals surface area contributed by atoms with Crippen molar-refractivity contribution in [1.82, 2.24) is 9.78 Å². The number of hydrogen-bond acceptors (Lipinski definition) is 7. The number of halogens is 1. The van der Waals surface area contributed by atoms with Crippen LogP contribution in [0.4, 0.5) is 11.4 Å². The van der Waals surface area contributed by atoms with Crippen LogP contribution in [0.15, 0.2) is 35.3 Å². The Morgan fingerprint density at radius 2 is 2.04 bits per heavy atom. The predicted octanol–water partition coefficient (Wildman–Crippen LogP) is 2.40. The minimum Gasteiger partial charge on any atom is -0.381 e. The molecule has 0 unspecified atom stereocenters. The average Bonchev–Trinajstić information content (AvgIpc) is 2.70. The number of rotatable bonds is 6. The second-order valence-electron chi connectivity index (χ2n) is 6.22. The number of methoxy groups -OCH3 is 1. The second kappa shape index (κ2) is 8.03. The molecule has 1 aliphatic heterocycles. The van der Waals surface area contributed by atoms with Crippen LogP contribution in [0.2, 0.25) is 5.02 Å². The maximum atomic E-state index is 12.6. The van der Waals surface area contributed by atoms with Crippen molar-refractivity contribution in [2.75, 3.05) is 32.2 Å². The molecule has 2 heterocycles. The summed E-state index contributed by atoms with van der Waals surface area (Å²) in [4.78, 5) is 22.8. The molecule has 0 saturated carbocycles. The maximum Gasteiger partial charge on any atom is 0.292 e. The molecule has 1 aromatic heterocycles. The fourth-order valence-electron chi connectivity index (χ4n) is 2.91. The van der Waals surface area contributed by atoms with Gasteiger partial charge >= 0.3 is 0 Å². The number of nitrogens with one attached hydrogen (secondary N) is 1. The molecule has 0 radical (unpaired) electrons. The summed E-state index contributed by atoms with van der Waals surface area (Å²) in [7, 11) is 1.65. The first-order valence-corrected chi connectivity index (χ1v) is 8.73. The van der Waals surface area contributed by atoms with Gasteiger partial charge in [-0.15, -0.1) is 0 Å². The summed E-state index contributed by atoms with van der Waals surface area (Å²) < 4.78 is 12.1. The highest BCUT2D eigenvalue weighted by Gasteiger charge is 2.32. The first-order chi connectivity index (χ1) is 13.0. The Morgan fingerprint density at radius 1 is 1.37 bits per heavy atom. The van der Waals surface area contributed by atoms with E-state index in [0.717, 1.165) is 17.5 Å². The van der Waals surface area contributed by atoms with Gasteiger partial charge in [0.2, 0.25) is 0 Å². The summed E-state index contributed by atoms with van der Waals surface area (Å²) >= 11 is 6.23. The van der Waals surface area contributed by atoms with Crippen molar-refractivity contribution < 1.29 is 14.4 Å². The molecule has 0 amide bonds. The van der Waals surface area contributed by atoms with E-state index in [1.54, 1.807) is 7.11 Å². The van der Waals surface area contributed by atoms with Crippen LogP contribution in [0.5, 0.6) is 0 Å². The van der Waals surface area contributed by atoms with Gasteiger partial charge in [0.1, 0.15) is 5.02 Å². The number of nitrogens with zero attached hydrogens (tertiary/aromatic N) is 3. The number of hydrogen-bond donors (Lipinski definition) is 1. The lowest BCUT2D eigenvalue weighted by molar-refractivity contribution is -0.384. The van der Waals surface area contributed by atoms with Gasteiger partial charge in [0.15, 0.2) is 0 Å². The van der Waals surface area contributed by atoms with Gasteiger partial charge in [0, 0.05) is 51.8 Å². The number of aromatic nitrogens is 2. The third kappa shape index (κ3) is 4.10. The Bertz CT molecular complexity index is 878. The fourth-order valence-corrected chi connectivity index (χ4v) is 3.10. The molecule has 1 fully saturated rings. The molecule has 1 N–H and O–H groups in total. The van der Waals surface area contributed by atoms with Crippen molar-refractivity contribution in [2.45, 2.75) is 18.4 Å². The van der Waals surface area contributed by atoms with E-state index in [1.165, 1.54) is 30.5 Å². The number of nitro benzene ring substituents is 1. The van der Waals surface area contributed by atoms with Crippen molar-refractivity contribution >= 4 is 23.0 Å². The molecule has 0 atom stereocenters. The molecule has 0 spiro atoms. The average molecular weight is 395 g/mol. The monoisotopic (exact) mass is 394 g/mol. The lowest BCUT2D eigenvalue weighted by Crippen LogP contribution is -2.44. The number of non-ortho nitro benzene ring substituents is 1. The van der Waals surface area contributed by atoms with E-state index in [9.17, 15) is 14.9 Å². The van der Waals surface area contributed by atoms with Crippen LogP contribution in [0.25, 0.3) is 5.69 Å². The Balaban J connectivity index is 1.80. The van der Waals surface area contributed by atoms with Crippen molar-refractivity contribution in [3.63, 3.8) is 0 Å². The molecular formula is C17H19ClN4O5. The fraction of sp³-hybridized carbons (Fsp3) is 0.412. The molecule has 1 aliphatic rings. The zero-order valence-electron chi connectivity index (χ0n) is 14.7. The summed E-state index contributed by atoms with van der Waals surface area (Å²) in [5, 5.41) is 18.0. The van der Waals surface area contributed by atoms with Crippen LogP contribution in [-0.4, -0.2) is 47.2 Å². The Kier molecular flexibility index (Phi) is 5.73. The van der Waals surface area contributed by atoms with Crippen molar-refractivity contribution in [1.29, 1.82) is 0 Å². The van der Waals surface area contributed by atoms with E-state index < -0.39 is 10.5 Å². The third-order valence-corrected chi connectivity index (χ3v) is 5.03. The largest absolute Gasteiger partial charge is 0.381 e. The zero-order valence-corrected chi connectivity index (χ0v) is 15.4. The quantitative estimate of drug-likeness (QED) is 0.591. The molecule has 1 aromatic carbocycles. The Hall–Kier alpha value is -2.49.